The van der Waals surface area contributed by atoms with Crippen LogP contribution >= 0.6 is 0 Å². The van der Waals surface area contributed by atoms with E-state index in [0.717, 1.165) is 12.0 Å². The van der Waals surface area contributed by atoms with Crippen molar-refractivity contribution in [2.24, 2.45) is 5.92 Å². The predicted octanol–water partition coefficient (Wildman–Crippen LogP) is 4.13. The maximum absolute atomic E-state index is 3.66. The first-order valence-corrected chi connectivity index (χ1v) is 7.06. The molecule has 0 aliphatic heterocycles. The van der Waals surface area contributed by atoms with E-state index >= 15 is 0 Å². The second-order valence-electron chi connectivity index (χ2n) is 5.29. The molecule has 90 valence electrons. The van der Waals surface area contributed by atoms with Crippen LogP contribution in [-0.4, -0.2) is 12.6 Å². The van der Waals surface area contributed by atoms with Crippen molar-refractivity contribution in [1.82, 2.24) is 5.32 Å². The molecule has 0 heterocycles. The molecule has 0 aromatic carbocycles. The van der Waals surface area contributed by atoms with E-state index < -0.39 is 0 Å². The molecule has 1 N–H and O–H groups in total. The molecule has 1 fully saturated rings. The largest absolute Gasteiger partial charge is 0.314 e. The van der Waals surface area contributed by atoms with Crippen LogP contribution in [0.4, 0.5) is 0 Å². The van der Waals surface area contributed by atoms with Gasteiger partial charge in [-0.25, -0.2) is 0 Å². The van der Waals surface area contributed by atoms with Crippen LogP contribution in [0.2, 0.25) is 0 Å². The highest BCUT2D eigenvalue weighted by molar-refractivity contribution is 4.68. The minimum Gasteiger partial charge on any atom is -0.314 e. The van der Waals surface area contributed by atoms with Crippen LogP contribution in [0.15, 0.2) is 0 Å². The molecule has 0 spiro atoms. The molecule has 15 heavy (non-hydrogen) atoms. The first-order valence-electron chi connectivity index (χ1n) is 7.06. The van der Waals surface area contributed by atoms with Crippen LogP contribution in [0, 0.1) is 5.92 Å². The first-order chi connectivity index (χ1) is 7.33. The van der Waals surface area contributed by atoms with E-state index in [0.29, 0.717) is 0 Å². The Morgan fingerprint density at radius 1 is 1.20 bits per heavy atom. The highest BCUT2D eigenvalue weighted by Gasteiger charge is 2.12. The molecule has 1 unspecified atom stereocenters. The third-order valence-corrected chi connectivity index (χ3v) is 3.76. The minimum atomic E-state index is 0.730. The molecule has 0 radical (unpaired) electrons. The molecular formula is C14H29N. The molecule has 0 amide bonds. The van der Waals surface area contributed by atoms with Crippen LogP contribution in [0.5, 0.6) is 0 Å². The zero-order valence-electron chi connectivity index (χ0n) is 10.7. The van der Waals surface area contributed by atoms with Gasteiger partial charge in [-0.1, -0.05) is 51.9 Å². The Hall–Kier alpha value is -0.0400. The van der Waals surface area contributed by atoms with Gasteiger partial charge in [-0.2, -0.15) is 0 Å². The standard InChI is InChI=1S/C14H29N/c1-3-4-8-13(2)15-12-11-14-9-6-5-7-10-14/h13-15H,3-12H2,1-2H3. The van der Waals surface area contributed by atoms with Crippen molar-refractivity contribution >= 4 is 0 Å². The SMILES string of the molecule is CCCCC(C)NCCC1CCCCC1. The Balaban J connectivity index is 1.94. The lowest BCUT2D eigenvalue weighted by Gasteiger charge is -2.22. The van der Waals surface area contributed by atoms with E-state index in [1.807, 2.05) is 0 Å². The summed E-state index contributed by atoms with van der Waals surface area (Å²) in [5.74, 6) is 1.03. The summed E-state index contributed by atoms with van der Waals surface area (Å²) in [4.78, 5) is 0. The molecule has 0 saturated heterocycles. The molecular weight excluding hydrogens is 182 g/mol. The fourth-order valence-electron chi connectivity index (χ4n) is 2.62. The van der Waals surface area contributed by atoms with Crippen LogP contribution in [-0.2, 0) is 0 Å². The summed E-state index contributed by atoms with van der Waals surface area (Å²) >= 11 is 0. The van der Waals surface area contributed by atoms with E-state index in [1.54, 1.807) is 0 Å². The van der Waals surface area contributed by atoms with Crippen LogP contribution in [0.1, 0.15) is 71.6 Å². The van der Waals surface area contributed by atoms with Gasteiger partial charge < -0.3 is 5.32 Å². The van der Waals surface area contributed by atoms with Gasteiger partial charge in [-0.3, -0.25) is 0 Å². The molecule has 1 heteroatoms. The molecule has 1 atom stereocenters. The van der Waals surface area contributed by atoms with E-state index in [2.05, 4.69) is 19.2 Å². The maximum atomic E-state index is 3.66. The smallest absolute Gasteiger partial charge is 0.00387 e. The lowest BCUT2D eigenvalue weighted by atomic mass is 9.87. The van der Waals surface area contributed by atoms with Gasteiger partial charge in [0.05, 0.1) is 0 Å². The minimum absolute atomic E-state index is 0.730. The van der Waals surface area contributed by atoms with Gasteiger partial charge in [0, 0.05) is 6.04 Å². The monoisotopic (exact) mass is 211 g/mol. The van der Waals surface area contributed by atoms with Crippen molar-refractivity contribution in [2.45, 2.75) is 77.7 Å². The Morgan fingerprint density at radius 3 is 2.60 bits per heavy atom. The molecule has 1 saturated carbocycles. The summed E-state index contributed by atoms with van der Waals surface area (Å²) < 4.78 is 0. The summed E-state index contributed by atoms with van der Waals surface area (Å²) in [7, 11) is 0. The van der Waals surface area contributed by atoms with E-state index in [9.17, 15) is 0 Å². The lowest BCUT2D eigenvalue weighted by molar-refractivity contribution is 0.327. The van der Waals surface area contributed by atoms with Crippen molar-refractivity contribution in [3.63, 3.8) is 0 Å². The normalized spacial score (nSPS) is 20.4. The maximum Gasteiger partial charge on any atom is 0.00387 e. The van der Waals surface area contributed by atoms with Crippen LogP contribution in [0.3, 0.4) is 0 Å². The van der Waals surface area contributed by atoms with Gasteiger partial charge in [0.1, 0.15) is 0 Å². The molecule has 0 aromatic heterocycles. The molecule has 1 aliphatic rings. The average Bonchev–Trinajstić information content (AvgIpc) is 2.28. The Morgan fingerprint density at radius 2 is 1.93 bits per heavy atom. The second kappa shape index (κ2) is 8.15. The van der Waals surface area contributed by atoms with E-state index in [1.165, 1.54) is 64.3 Å². The zero-order chi connectivity index (χ0) is 10.9. The Labute approximate surface area is 96.0 Å². The van der Waals surface area contributed by atoms with E-state index in [-0.39, 0.29) is 0 Å². The fourth-order valence-corrected chi connectivity index (χ4v) is 2.62. The molecule has 1 aliphatic carbocycles. The highest BCUT2D eigenvalue weighted by Crippen LogP contribution is 2.25. The van der Waals surface area contributed by atoms with Gasteiger partial charge >= 0.3 is 0 Å². The van der Waals surface area contributed by atoms with Crippen molar-refractivity contribution < 1.29 is 0 Å². The van der Waals surface area contributed by atoms with Crippen molar-refractivity contribution in [2.75, 3.05) is 6.54 Å². The highest BCUT2D eigenvalue weighted by atomic mass is 14.9. The first kappa shape index (κ1) is 13.0. The summed E-state index contributed by atoms with van der Waals surface area (Å²) in [6.45, 7) is 5.85. The molecule has 1 rings (SSSR count). The molecule has 1 nitrogen and oxygen atoms in total. The average molecular weight is 211 g/mol. The molecule has 0 bridgehead atoms. The number of rotatable bonds is 7. The van der Waals surface area contributed by atoms with Gasteiger partial charge in [0.15, 0.2) is 0 Å². The summed E-state index contributed by atoms with van der Waals surface area (Å²) in [5.41, 5.74) is 0. The quantitative estimate of drug-likeness (QED) is 0.668. The number of unbranched alkanes of at least 4 members (excludes halogenated alkanes) is 1. The number of hydrogen-bond donors (Lipinski definition) is 1. The summed E-state index contributed by atoms with van der Waals surface area (Å²) in [6.07, 6.45) is 12.9. The lowest BCUT2D eigenvalue weighted by Crippen LogP contribution is -2.28. The Bertz CT molecular complexity index is 138. The Kier molecular flexibility index (Phi) is 7.08. The zero-order valence-corrected chi connectivity index (χ0v) is 10.7. The van der Waals surface area contributed by atoms with Crippen molar-refractivity contribution in [3.8, 4) is 0 Å². The van der Waals surface area contributed by atoms with Gasteiger partial charge in [-0.15, -0.1) is 0 Å². The summed E-state index contributed by atoms with van der Waals surface area (Å²) in [6, 6.07) is 0.730. The fraction of sp³-hybridized carbons (Fsp3) is 1.00. The van der Waals surface area contributed by atoms with Gasteiger partial charge in [0.2, 0.25) is 0 Å². The molecule has 0 aromatic rings. The third kappa shape index (κ3) is 6.19. The van der Waals surface area contributed by atoms with Crippen LogP contribution in [0.25, 0.3) is 0 Å². The number of hydrogen-bond acceptors (Lipinski definition) is 1. The number of nitrogens with one attached hydrogen (secondary N) is 1. The van der Waals surface area contributed by atoms with Crippen LogP contribution < -0.4 is 5.32 Å². The van der Waals surface area contributed by atoms with Gasteiger partial charge in [-0.05, 0) is 32.2 Å². The van der Waals surface area contributed by atoms with E-state index in [4.69, 9.17) is 0 Å². The second-order valence-corrected chi connectivity index (χ2v) is 5.29. The topological polar surface area (TPSA) is 12.0 Å². The van der Waals surface area contributed by atoms with Crippen molar-refractivity contribution in [1.29, 1.82) is 0 Å². The van der Waals surface area contributed by atoms with Gasteiger partial charge in [0.25, 0.3) is 0 Å². The van der Waals surface area contributed by atoms with Crippen molar-refractivity contribution in [3.05, 3.63) is 0 Å². The summed E-state index contributed by atoms with van der Waals surface area (Å²) in [5, 5.41) is 3.66. The predicted molar refractivity (Wildman–Crippen MR) is 68.2 cm³/mol. The third-order valence-electron chi connectivity index (χ3n) is 3.76.